The van der Waals surface area contributed by atoms with Gasteiger partial charge in [0, 0.05) is 5.39 Å². The zero-order valence-corrected chi connectivity index (χ0v) is 18.2. The number of fused-ring (bicyclic) bond motifs is 2. The fourth-order valence-electron chi connectivity index (χ4n) is 4.10. The zero-order chi connectivity index (χ0) is 22.0. The van der Waals surface area contributed by atoms with Gasteiger partial charge in [0.05, 0.1) is 44.7 Å². The van der Waals surface area contributed by atoms with Crippen LogP contribution in [0.3, 0.4) is 0 Å². The molecule has 0 saturated carbocycles. The molecule has 0 fully saturated rings. The molecule has 0 aliphatic heterocycles. The summed E-state index contributed by atoms with van der Waals surface area (Å²) in [6, 6.07) is 11.5. The lowest BCUT2D eigenvalue weighted by Gasteiger charge is -2.13. The fourth-order valence-corrected chi connectivity index (χ4v) is 4.10. The van der Waals surface area contributed by atoms with Gasteiger partial charge in [-0.05, 0) is 60.7 Å². The number of methoxy groups -OCH3 is 3. The van der Waals surface area contributed by atoms with Gasteiger partial charge in [-0.15, -0.1) is 0 Å². The Bertz CT molecular complexity index is 1160. The van der Waals surface area contributed by atoms with Gasteiger partial charge in [-0.1, -0.05) is 18.2 Å². The molecule has 1 aliphatic rings. The summed E-state index contributed by atoms with van der Waals surface area (Å²) in [5.41, 5.74) is 5.15. The first-order chi connectivity index (χ1) is 15.1. The Morgan fingerprint density at radius 3 is 2.39 bits per heavy atom. The van der Waals surface area contributed by atoms with E-state index in [2.05, 4.69) is 6.08 Å². The van der Waals surface area contributed by atoms with Crippen molar-refractivity contribution in [3.05, 3.63) is 58.8 Å². The van der Waals surface area contributed by atoms with Crippen molar-refractivity contribution in [1.29, 1.82) is 0 Å². The third-order valence-electron chi connectivity index (χ3n) is 5.45. The van der Waals surface area contributed by atoms with E-state index in [9.17, 15) is 4.79 Å². The Hall–Kier alpha value is -3.54. The Kier molecular flexibility index (Phi) is 5.80. The summed E-state index contributed by atoms with van der Waals surface area (Å²) < 4.78 is 21.7. The monoisotopic (exact) mass is 419 g/mol. The molecule has 0 unspecified atom stereocenters. The summed E-state index contributed by atoms with van der Waals surface area (Å²) in [5.74, 6) is 1.43. The van der Waals surface area contributed by atoms with Crippen LogP contribution in [0.4, 0.5) is 0 Å². The van der Waals surface area contributed by atoms with Gasteiger partial charge in [0.25, 0.3) is 0 Å². The lowest BCUT2D eigenvalue weighted by atomic mass is 10.0. The summed E-state index contributed by atoms with van der Waals surface area (Å²) >= 11 is 0. The second-order valence-electron chi connectivity index (χ2n) is 7.18. The Morgan fingerprint density at radius 1 is 1.03 bits per heavy atom. The number of rotatable bonds is 6. The highest BCUT2D eigenvalue weighted by Gasteiger charge is 2.27. The third kappa shape index (κ3) is 3.69. The maximum absolute atomic E-state index is 12.8. The van der Waals surface area contributed by atoms with Crippen LogP contribution in [0.5, 0.6) is 17.2 Å². The molecule has 0 spiro atoms. The van der Waals surface area contributed by atoms with Gasteiger partial charge < -0.3 is 18.9 Å². The molecule has 0 amide bonds. The molecule has 0 radical (unpaired) electrons. The molecular weight excluding hydrogens is 394 g/mol. The number of nitrogens with zero attached hydrogens (tertiary/aromatic N) is 1. The van der Waals surface area contributed by atoms with Gasteiger partial charge in [0.15, 0.2) is 11.5 Å². The number of aromatic nitrogens is 1. The van der Waals surface area contributed by atoms with Crippen LogP contribution in [0.2, 0.25) is 0 Å². The van der Waals surface area contributed by atoms with Crippen LogP contribution >= 0.6 is 0 Å². The minimum atomic E-state index is -0.300. The molecule has 0 atom stereocenters. The quantitative estimate of drug-likeness (QED) is 0.528. The van der Waals surface area contributed by atoms with E-state index in [4.69, 9.17) is 23.9 Å². The molecule has 0 bridgehead atoms. The first kappa shape index (κ1) is 20.7. The third-order valence-corrected chi connectivity index (χ3v) is 5.45. The number of hydrogen-bond acceptors (Lipinski definition) is 6. The highest BCUT2D eigenvalue weighted by atomic mass is 16.5. The van der Waals surface area contributed by atoms with Crippen LogP contribution in [-0.2, 0) is 11.2 Å². The van der Waals surface area contributed by atoms with Crippen molar-refractivity contribution >= 4 is 28.5 Å². The second kappa shape index (κ2) is 8.68. The molecule has 4 rings (SSSR count). The maximum atomic E-state index is 12.8. The normalized spacial score (nSPS) is 13.9. The van der Waals surface area contributed by atoms with E-state index in [1.54, 1.807) is 21.3 Å². The molecule has 1 aliphatic carbocycles. The molecule has 0 saturated heterocycles. The van der Waals surface area contributed by atoms with E-state index >= 15 is 0 Å². The van der Waals surface area contributed by atoms with Gasteiger partial charge in [-0.25, -0.2) is 9.78 Å². The van der Waals surface area contributed by atoms with Crippen molar-refractivity contribution < 1.29 is 23.7 Å². The number of allylic oxidation sites excluding steroid dienone is 1. The van der Waals surface area contributed by atoms with Gasteiger partial charge in [0.1, 0.15) is 0 Å². The Balaban J connectivity index is 1.87. The minimum Gasteiger partial charge on any atom is -0.493 e. The Labute approximate surface area is 181 Å². The molecule has 31 heavy (non-hydrogen) atoms. The van der Waals surface area contributed by atoms with Crippen LogP contribution in [0.25, 0.3) is 22.6 Å². The van der Waals surface area contributed by atoms with Gasteiger partial charge in [-0.2, -0.15) is 0 Å². The van der Waals surface area contributed by atoms with E-state index in [1.807, 2.05) is 43.3 Å². The molecule has 0 N–H and O–H groups in total. The molecule has 160 valence electrons. The number of para-hydroxylation sites is 1. The number of carbonyl (C=O) groups excluding carboxylic acids is 1. The summed E-state index contributed by atoms with van der Waals surface area (Å²) in [6.45, 7) is 2.15. The summed E-state index contributed by atoms with van der Waals surface area (Å²) in [7, 11) is 4.77. The van der Waals surface area contributed by atoms with E-state index in [0.29, 0.717) is 29.4 Å². The summed E-state index contributed by atoms with van der Waals surface area (Å²) in [5, 5.41) is 0.828. The van der Waals surface area contributed by atoms with Crippen molar-refractivity contribution in [3.8, 4) is 17.2 Å². The predicted molar refractivity (Wildman–Crippen MR) is 120 cm³/mol. The van der Waals surface area contributed by atoms with Crippen molar-refractivity contribution in [2.75, 3.05) is 27.9 Å². The summed E-state index contributed by atoms with van der Waals surface area (Å²) in [6.07, 6.45) is 3.58. The number of esters is 1. The molecule has 2 aromatic carbocycles. The lowest BCUT2D eigenvalue weighted by Crippen LogP contribution is -2.10. The van der Waals surface area contributed by atoms with Crippen LogP contribution in [0.15, 0.2) is 36.4 Å². The molecular formula is C25H25NO5. The van der Waals surface area contributed by atoms with Crippen LogP contribution < -0.4 is 14.2 Å². The lowest BCUT2D eigenvalue weighted by molar-refractivity contribution is 0.0527. The fraction of sp³-hybridized carbons (Fsp3) is 0.280. The maximum Gasteiger partial charge on any atom is 0.339 e. The zero-order valence-electron chi connectivity index (χ0n) is 18.2. The predicted octanol–water partition coefficient (Wildman–Crippen LogP) is 4.92. The van der Waals surface area contributed by atoms with Crippen LogP contribution in [-0.4, -0.2) is 38.9 Å². The largest absolute Gasteiger partial charge is 0.493 e. The van der Waals surface area contributed by atoms with E-state index in [0.717, 1.165) is 46.1 Å². The van der Waals surface area contributed by atoms with E-state index in [-0.39, 0.29) is 5.97 Å². The number of hydrogen-bond donors (Lipinski definition) is 0. The number of carbonyl (C=O) groups is 1. The first-order valence-electron chi connectivity index (χ1n) is 10.2. The van der Waals surface area contributed by atoms with Crippen LogP contribution in [0, 0.1) is 0 Å². The van der Waals surface area contributed by atoms with Gasteiger partial charge in [-0.3, -0.25) is 0 Å². The molecule has 6 heteroatoms. The second-order valence-corrected chi connectivity index (χ2v) is 7.18. The first-order valence-corrected chi connectivity index (χ1v) is 10.2. The molecule has 1 aromatic heterocycles. The molecule has 6 nitrogen and oxygen atoms in total. The van der Waals surface area contributed by atoms with Gasteiger partial charge in [0.2, 0.25) is 5.75 Å². The number of pyridine rings is 1. The summed E-state index contributed by atoms with van der Waals surface area (Å²) in [4.78, 5) is 17.7. The van der Waals surface area contributed by atoms with E-state index in [1.165, 1.54) is 0 Å². The average Bonchev–Trinajstić information content (AvgIpc) is 3.18. The smallest absolute Gasteiger partial charge is 0.339 e. The van der Waals surface area contributed by atoms with Crippen molar-refractivity contribution in [3.63, 3.8) is 0 Å². The van der Waals surface area contributed by atoms with Crippen molar-refractivity contribution in [2.45, 2.75) is 19.8 Å². The van der Waals surface area contributed by atoms with Gasteiger partial charge >= 0.3 is 5.97 Å². The average molecular weight is 419 g/mol. The molecule has 1 heterocycles. The number of benzene rings is 2. The van der Waals surface area contributed by atoms with E-state index < -0.39 is 0 Å². The number of ether oxygens (including phenoxy) is 4. The van der Waals surface area contributed by atoms with Crippen molar-refractivity contribution in [1.82, 2.24) is 4.98 Å². The van der Waals surface area contributed by atoms with Crippen LogP contribution in [0.1, 0.15) is 40.5 Å². The minimum absolute atomic E-state index is 0.300. The highest BCUT2D eigenvalue weighted by molar-refractivity contribution is 6.07. The standard InChI is InChI=1S/C25H25NO5/c1-5-31-25(27)22-17-8-6-7-9-19(17)26-23-16(10-11-18(22)23)12-15-13-20(28-2)24(30-4)21(14-15)29-3/h6-9,12-14H,5,10-11H2,1-4H3/b16-12+. The topological polar surface area (TPSA) is 66.9 Å². The molecule has 3 aromatic rings. The van der Waals surface area contributed by atoms with Crippen molar-refractivity contribution in [2.24, 2.45) is 0 Å². The highest BCUT2D eigenvalue weighted by Crippen LogP contribution is 2.41. The SMILES string of the molecule is CCOC(=O)c1c2c(nc3ccccc13)/C(=C/c1cc(OC)c(OC)c(OC)c1)CC2. The Morgan fingerprint density at radius 2 is 1.74 bits per heavy atom.